The van der Waals surface area contributed by atoms with Gasteiger partial charge < -0.3 is 20.1 Å². The van der Waals surface area contributed by atoms with E-state index in [1.165, 1.54) is 0 Å². The Hall–Kier alpha value is -2.31. The molecule has 1 fully saturated rings. The quantitative estimate of drug-likeness (QED) is 0.357. The third kappa shape index (κ3) is 8.30. The second-order valence-electron chi connectivity index (χ2n) is 7.60. The Labute approximate surface area is 174 Å². The van der Waals surface area contributed by atoms with E-state index in [-0.39, 0.29) is 5.56 Å². The summed E-state index contributed by atoms with van der Waals surface area (Å²) in [5.41, 5.74) is 1.07. The van der Waals surface area contributed by atoms with Crippen LogP contribution in [0.1, 0.15) is 57.6 Å². The summed E-state index contributed by atoms with van der Waals surface area (Å²) >= 11 is 0. The fourth-order valence-electron chi connectivity index (χ4n) is 3.58. The van der Waals surface area contributed by atoms with E-state index in [2.05, 4.69) is 22.5 Å². The third-order valence-electron chi connectivity index (χ3n) is 5.24. The van der Waals surface area contributed by atoms with Gasteiger partial charge in [-0.15, -0.1) is 0 Å². The number of hydrogen-bond acceptors (Lipinski definition) is 3. The minimum absolute atomic E-state index is 0.0655. The molecule has 0 radical (unpaired) electrons. The zero-order valence-electron chi connectivity index (χ0n) is 18.1. The molecule has 0 atom stereocenters. The molecule has 1 aromatic heterocycles. The smallest absolute Gasteiger partial charge is 0.250 e. The number of carbonyl (C=O) groups excluding carboxylic acids is 1. The van der Waals surface area contributed by atoms with Gasteiger partial charge in [0.2, 0.25) is 5.91 Å². The van der Waals surface area contributed by atoms with Gasteiger partial charge in [-0.2, -0.15) is 0 Å². The minimum atomic E-state index is 0.0655. The molecule has 7 heteroatoms. The van der Waals surface area contributed by atoms with Crippen LogP contribution in [0.4, 0.5) is 0 Å². The minimum Gasteiger partial charge on any atom is -0.357 e. The van der Waals surface area contributed by atoms with E-state index >= 15 is 0 Å². The van der Waals surface area contributed by atoms with Crippen molar-refractivity contribution in [3.8, 4) is 0 Å². The average Bonchev–Trinajstić information content (AvgIpc) is 2.91. The van der Waals surface area contributed by atoms with Crippen LogP contribution in [0.25, 0.3) is 0 Å². The lowest BCUT2D eigenvalue weighted by Crippen LogP contribution is -2.38. The molecule has 1 saturated heterocycles. The number of pyridine rings is 1. The lowest BCUT2D eigenvalue weighted by molar-refractivity contribution is -0.130. The van der Waals surface area contributed by atoms with Crippen LogP contribution >= 0.6 is 0 Å². The van der Waals surface area contributed by atoms with Crippen LogP contribution in [-0.4, -0.2) is 54.1 Å². The number of amides is 1. The van der Waals surface area contributed by atoms with Crippen LogP contribution < -0.4 is 16.2 Å². The molecule has 2 N–H and O–H groups in total. The maximum absolute atomic E-state index is 12.0. The molecule has 1 aliphatic rings. The zero-order chi connectivity index (χ0) is 20.9. The summed E-state index contributed by atoms with van der Waals surface area (Å²) in [6, 6.07) is 5.38. The SMILES string of the molecule is CCNC(=NCCCN1CCCCCC1=O)NCCCCn1c(C)cccc1=O. The molecule has 1 aliphatic heterocycles. The van der Waals surface area contributed by atoms with Crippen molar-refractivity contribution >= 4 is 11.9 Å². The van der Waals surface area contributed by atoms with Gasteiger partial charge in [-0.25, -0.2) is 0 Å². The van der Waals surface area contributed by atoms with Crippen molar-refractivity contribution in [2.45, 2.75) is 65.3 Å². The van der Waals surface area contributed by atoms with Gasteiger partial charge in [0.1, 0.15) is 0 Å². The molecular formula is C22H37N5O2. The van der Waals surface area contributed by atoms with Gasteiger partial charge in [-0.1, -0.05) is 12.5 Å². The van der Waals surface area contributed by atoms with Gasteiger partial charge >= 0.3 is 0 Å². The monoisotopic (exact) mass is 403 g/mol. The number of guanidine groups is 1. The van der Waals surface area contributed by atoms with E-state index in [1.54, 1.807) is 12.1 Å². The standard InChI is InChI=1S/C22H37N5O2/c1-3-23-22(25-15-10-17-26-16-7-4-5-12-20(26)28)24-14-6-8-18-27-19(2)11-9-13-21(27)29/h9,11,13H,3-8,10,12,14-18H2,1-2H3,(H2,23,24,25). The van der Waals surface area contributed by atoms with Crippen molar-refractivity contribution in [2.75, 3.05) is 32.7 Å². The fourth-order valence-corrected chi connectivity index (χ4v) is 3.58. The summed E-state index contributed by atoms with van der Waals surface area (Å²) in [7, 11) is 0. The Morgan fingerprint density at radius 3 is 2.72 bits per heavy atom. The molecular weight excluding hydrogens is 366 g/mol. The molecule has 0 aromatic carbocycles. The summed E-state index contributed by atoms with van der Waals surface area (Å²) < 4.78 is 1.82. The van der Waals surface area contributed by atoms with E-state index < -0.39 is 0 Å². The molecule has 0 spiro atoms. The normalized spacial score (nSPS) is 15.3. The Morgan fingerprint density at radius 1 is 1.07 bits per heavy atom. The van der Waals surface area contributed by atoms with Gasteiger partial charge in [-0.3, -0.25) is 14.6 Å². The molecule has 162 valence electrons. The number of nitrogens with zero attached hydrogens (tertiary/aromatic N) is 3. The van der Waals surface area contributed by atoms with Gasteiger partial charge in [0, 0.05) is 57.4 Å². The van der Waals surface area contributed by atoms with Crippen molar-refractivity contribution in [1.29, 1.82) is 0 Å². The fraction of sp³-hybridized carbons (Fsp3) is 0.682. The molecule has 0 aliphatic carbocycles. The van der Waals surface area contributed by atoms with Crippen molar-refractivity contribution in [3.63, 3.8) is 0 Å². The summed E-state index contributed by atoms with van der Waals surface area (Å²) in [5.74, 6) is 1.12. The van der Waals surface area contributed by atoms with E-state index in [4.69, 9.17) is 0 Å². The van der Waals surface area contributed by atoms with Crippen LogP contribution in [0.2, 0.25) is 0 Å². The van der Waals surface area contributed by atoms with Crippen LogP contribution in [0, 0.1) is 6.92 Å². The molecule has 2 rings (SSSR count). The second-order valence-corrected chi connectivity index (χ2v) is 7.60. The predicted molar refractivity (Wildman–Crippen MR) is 118 cm³/mol. The molecule has 2 heterocycles. The largest absolute Gasteiger partial charge is 0.357 e. The van der Waals surface area contributed by atoms with Crippen LogP contribution in [-0.2, 0) is 11.3 Å². The maximum atomic E-state index is 12.0. The molecule has 0 unspecified atom stereocenters. The van der Waals surface area contributed by atoms with Gasteiger partial charge in [0.25, 0.3) is 5.56 Å². The highest BCUT2D eigenvalue weighted by molar-refractivity contribution is 5.79. The number of aliphatic imine (C=N–C) groups is 1. The number of hydrogen-bond donors (Lipinski definition) is 2. The summed E-state index contributed by atoms with van der Waals surface area (Å²) in [4.78, 5) is 30.6. The number of aryl methyl sites for hydroxylation is 1. The van der Waals surface area contributed by atoms with Gasteiger partial charge in [0.05, 0.1) is 0 Å². The van der Waals surface area contributed by atoms with E-state index in [0.717, 1.165) is 82.9 Å². The lowest BCUT2D eigenvalue weighted by atomic mass is 10.2. The molecule has 1 amide bonds. The molecule has 0 bridgehead atoms. The van der Waals surface area contributed by atoms with Gasteiger partial charge in [0.15, 0.2) is 5.96 Å². The number of carbonyl (C=O) groups is 1. The Kier molecular flexibility index (Phi) is 10.3. The summed E-state index contributed by atoms with van der Waals surface area (Å²) in [6.45, 7) is 8.79. The lowest BCUT2D eigenvalue weighted by Gasteiger charge is -2.20. The number of rotatable bonds is 10. The van der Waals surface area contributed by atoms with Crippen molar-refractivity contribution in [2.24, 2.45) is 4.99 Å². The molecule has 0 saturated carbocycles. The first-order valence-electron chi connectivity index (χ1n) is 11.1. The van der Waals surface area contributed by atoms with Crippen molar-refractivity contribution in [3.05, 3.63) is 34.2 Å². The number of nitrogens with one attached hydrogen (secondary N) is 2. The Morgan fingerprint density at radius 2 is 1.93 bits per heavy atom. The molecule has 1 aromatic rings. The number of aromatic nitrogens is 1. The Balaban J connectivity index is 1.67. The predicted octanol–water partition coefficient (Wildman–Crippen LogP) is 2.28. The number of unbranched alkanes of at least 4 members (excludes halogenated alkanes) is 1. The highest BCUT2D eigenvalue weighted by atomic mass is 16.2. The number of likely N-dealkylation sites (tertiary alicyclic amines) is 1. The van der Waals surface area contributed by atoms with Crippen LogP contribution in [0.3, 0.4) is 0 Å². The van der Waals surface area contributed by atoms with Crippen LogP contribution in [0.15, 0.2) is 28.0 Å². The highest BCUT2D eigenvalue weighted by Gasteiger charge is 2.15. The molecule has 29 heavy (non-hydrogen) atoms. The summed E-state index contributed by atoms with van der Waals surface area (Å²) in [6.07, 6.45) is 6.80. The third-order valence-corrected chi connectivity index (χ3v) is 5.24. The Bertz CT molecular complexity index is 713. The second kappa shape index (κ2) is 13.0. The van der Waals surface area contributed by atoms with E-state index in [1.807, 2.05) is 22.5 Å². The topological polar surface area (TPSA) is 78.7 Å². The van der Waals surface area contributed by atoms with Crippen LogP contribution in [0.5, 0.6) is 0 Å². The first kappa shape index (κ1) is 23.0. The maximum Gasteiger partial charge on any atom is 0.250 e. The van der Waals surface area contributed by atoms with E-state index in [9.17, 15) is 9.59 Å². The van der Waals surface area contributed by atoms with Crippen molar-refractivity contribution < 1.29 is 4.79 Å². The first-order chi connectivity index (χ1) is 14.1. The highest BCUT2D eigenvalue weighted by Crippen LogP contribution is 2.11. The first-order valence-corrected chi connectivity index (χ1v) is 11.1. The molecule has 7 nitrogen and oxygen atoms in total. The van der Waals surface area contributed by atoms with Crippen molar-refractivity contribution in [1.82, 2.24) is 20.1 Å². The van der Waals surface area contributed by atoms with Gasteiger partial charge in [-0.05, 0) is 52.0 Å². The average molecular weight is 404 g/mol. The summed E-state index contributed by atoms with van der Waals surface area (Å²) in [5, 5.41) is 6.63. The zero-order valence-corrected chi connectivity index (χ0v) is 18.1. The van der Waals surface area contributed by atoms with E-state index in [0.29, 0.717) is 18.9 Å².